The molecule has 6 heteroatoms. The lowest BCUT2D eigenvalue weighted by Gasteiger charge is -2.18. The monoisotopic (exact) mass is 943 g/mol. The minimum absolute atomic E-state index is 0.0719. The Morgan fingerprint density at radius 3 is 0.791 bits per heavy atom. The highest BCUT2D eigenvalue weighted by atomic mass is 16.6. The molecule has 0 fully saturated rings. The van der Waals surface area contributed by atoms with Gasteiger partial charge in [-0.25, -0.2) is 0 Å². The maximum absolute atomic E-state index is 12.9. The normalized spacial score (nSPS) is 12.1. The lowest BCUT2D eigenvalue weighted by atomic mass is 10.0. The highest BCUT2D eigenvalue weighted by Crippen LogP contribution is 2.17. The van der Waals surface area contributed by atoms with E-state index in [2.05, 4.69) is 45.1 Å². The van der Waals surface area contributed by atoms with Crippen LogP contribution in [0.5, 0.6) is 0 Å². The van der Waals surface area contributed by atoms with E-state index in [1.807, 2.05) is 0 Å². The van der Waals surface area contributed by atoms with Gasteiger partial charge in [0.25, 0.3) is 0 Å². The van der Waals surface area contributed by atoms with Gasteiger partial charge in [0.05, 0.1) is 0 Å². The van der Waals surface area contributed by atoms with E-state index in [1.54, 1.807) is 0 Å². The first-order chi connectivity index (χ1) is 33.0. The zero-order valence-electron chi connectivity index (χ0n) is 45.2. The fourth-order valence-corrected chi connectivity index (χ4v) is 8.89. The molecule has 1 unspecified atom stereocenters. The van der Waals surface area contributed by atoms with Crippen LogP contribution in [0, 0.1) is 0 Å². The Labute approximate surface area is 417 Å². The average Bonchev–Trinajstić information content (AvgIpc) is 3.33. The summed E-state index contributed by atoms with van der Waals surface area (Å²) in [6.07, 6.45) is 66.1. The molecule has 394 valence electrons. The number of hydrogen-bond donors (Lipinski definition) is 0. The molecular weight excluding hydrogens is 829 g/mol. The molecule has 0 radical (unpaired) electrons. The molecule has 0 spiro atoms. The number of ether oxygens (including phenoxy) is 3. The third-order valence-electron chi connectivity index (χ3n) is 13.4. The summed E-state index contributed by atoms with van der Waals surface area (Å²) in [5.74, 6) is -0.865. The van der Waals surface area contributed by atoms with Gasteiger partial charge in [-0.1, -0.05) is 270 Å². The van der Waals surface area contributed by atoms with Crippen molar-refractivity contribution in [3.8, 4) is 0 Å². The van der Waals surface area contributed by atoms with Crippen LogP contribution in [0.2, 0.25) is 0 Å². The van der Waals surface area contributed by atoms with E-state index in [1.165, 1.54) is 225 Å². The van der Waals surface area contributed by atoms with Crippen LogP contribution in [0.15, 0.2) is 24.3 Å². The topological polar surface area (TPSA) is 78.9 Å². The molecule has 67 heavy (non-hydrogen) atoms. The van der Waals surface area contributed by atoms with Crippen molar-refractivity contribution in [1.82, 2.24) is 0 Å². The van der Waals surface area contributed by atoms with Gasteiger partial charge in [0.15, 0.2) is 6.10 Å². The molecule has 0 amide bonds. The van der Waals surface area contributed by atoms with Gasteiger partial charge in [-0.05, 0) is 64.2 Å². The zero-order chi connectivity index (χ0) is 48.6. The number of unbranched alkanes of at least 4 members (excludes halogenated alkanes) is 40. The van der Waals surface area contributed by atoms with Gasteiger partial charge in [0.2, 0.25) is 0 Å². The Kier molecular flexibility index (Phi) is 54.7. The molecule has 0 saturated carbocycles. The van der Waals surface area contributed by atoms with Crippen LogP contribution in [-0.4, -0.2) is 37.2 Å². The number of rotatable bonds is 55. The minimum Gasteiger partial charge on any atom is -0.462 e. The van der Waals surface area contributed by atoms with Crippen molar-refractivity contribution in [2.24, 2.45) is 0 Å². The Balaban J connectivity index is 4.27. The second-order valence-electron chi connectivity index (χ2n) is 20.3. The lowest BCUT2D eigenvalue weighted by molar-refractivity contribution is -0.167. The first kappa shape index (κ1) is 64.9. The highest BCUT2D eigenvalue weighted by molar-refractivity contribution is 5.71. The van der Waals surface area contributed by atoms with E-state index >= 15 is 0 Å². The van der Waals surface area contributed by atoms with Crippen molar-refractivity contribution in [2.75, 3.05) is 13.2 Å². The molecule has 0 aliphatic heterocycles. The van der Waals surface area contributed by atoms with Crippen LogP contribution in [0.4, 0.5) is 0 Å². The molecule has 0 aromatic rings. The van der Waals surface area contributed by atoms with Crippen molar-refractivity contribution in [2.45, 2.75) is 335 Å². The first-order valence-electron chi connectivity index (χ1n) is 29.8. The van der Waals surface area contributed by atoms with Crippen molar-refractivity contribution < 1.29 is 28.6 Å². The molecule has 0 saturated heterocycles. The van der Waals surface area contributed by atoms with Crippen LogP contribution in [-0.2, 0) is 28.6 Å². The summed E-state index contributed by atoms with van der Waals surface area (Å²) in [4.78, 5) is 38.1. The SMILES string of the molecule is CCCC/C=C\CCCCCCCC(=O)OCC(COC(=O)CCCCCCCCC/C=C\CCCCCCCCCC)OC(=O)CCCCCCCCCCCCCCCCCCCCC. The van der Waals surface area contributed by atoms with Crippen LogP contribution in [0.25, 0.3) is 0 Å². The number of allylic oxidation sites excluding steroid dienone is 4. The Morgan fingerprint density at radius 2 is 0.507 bits per heavy atom. The molecular formula is C61H114O6. The summed E-state index contributed by atoms with van der Waals surface area (Å²) >= 11 is 0. The smallest absolute Gasteiger partial charge is 0.306 e. The van der Waals surface area contributed by atoms with Gasteiger partial charge in [0, 0.05) is 19.3 Å². The van der Waals surface area contributed by atoms with Crippen LogP contribution in [0.1, 0.15) is 329 Å². The number of hydrogen-bond acceptors (Lipinski definition) is 6. The zero-order valence-corrected chi connectivity index (χ0v) is 45.2. The molecule has 0 aliphatic rings. The molecule has 0 rings (SSSR count). The fourth-order valence-electron chi connectivity index (χ4n) is 8.89. The Bertz CT molecular complexity index is 1080. The molecule has 0 aliphatic carbocycles. The number of carbonyl (C=O) groups is 3. The van der Waals surface area contributed by atoms with Crippen LogP contribution >= 0.6 is 0 Å². The molecule has 0 aromatic carbocycles. The minimum atomic E-state index is -0.772. The maximum Gasteiger partial charge on any atom is 0.306 e. The molecule has 0 bridgehead atoms. The molecule has 0 aromatic heterocycles. The summed E-state index contributed by atoms with van der Waals surface area (Å²) in [5, 5.41) is 0. The number of esters is 3. The summed E-state index contributed by atoms with van der Waals surface area (Å²) < 4.78 is 16.9. The van der Waals surface area contributed by atoms with Gasteiger partial charge >= 0.3 is 17.9 Å². The quantitative estimate of drug-likeness (QED) is 0.0262. The van der Waals surface area contributed by atoms with Gasteiger partial charge in [-0.3, -0.25) is 14.4 Å². The van der Waals surface area contributed by atoms with E-state index < -0.39 is 6.10 Å². The molecule has 0 heterocycles. The summed E-state index contributed by atoms with van der Waals surface area (Å²) in [6.45, 7) is 6.64. The van der Waals surface area contributed by atoms with Crippen molar-refractivity contribution in [3.63, 3.8) is 0 Å². The van der Waals surface area contributed by atoms with Crippen molar-refractivity contribution in [3.05, 3.63) is 24.3 Å². The predicted octanol–water partition coefficient (Wildman–Crippen LogP) is 19.9. The van der Waals surface area contributed by atoms with E-state index in [0.717, 1.165) is 64.2 Å². The fraction of sp³-hybridized carbons (Fsp3) is 0.885. The van der Waals surface area contributed by atoms with Gasteiger partial charge < -0.3 is 14.2 Å². The average molecular weight is 944 g/mol. The summed E-state index contributed by atoms with van der Waals surface area (Å²) in [7, 11) is 0. The second kappa shape index (κ2) is 56.5. The van der Waals surface area contributed by atoms with Crippen molar-refractivity contribution in [1.29, 1.82) is 0 Å². The van der Waals surface area contributed by atoms with E-state index in [4.69, 9.17) is 14.2 Å². The Morgan fingerprint density at radius 1 is 0.284 bits per heavy atom. The second-order valence-corrected chi connectivity index (χ2v) is 20.3. The van der Waals surface area contributed by atoms with Gasteiger partial charge in [-0.15, -0.1) is 0 Å². The third-order valence-corrected chi connectivity index (χ3v) is 13.4. The third kappa shape index (κ3) is 54.7. The van der Waals surface area contributed by atoms with Crippen LogP contribution < -0.4 is 0 Å². The van der Waals surface area contributed by atoms with E-state index in [0.29, 0.717) is 19.3 Å². The highest BCUT2D eigenvalue weighted by Gasteiger charge is 2.19. The van der Waals surface area contributed by atoms with Gasteiger partial charge in [-0.2, -0.15) is 0 Å². The lowest BCUT2D eigenvalue weighted by Crippen LogP contribution is -2.30. The largest absolute Gasteiger partial charge is 0.462 e. The predicted molar refractivity (Wildman–Crippen MR) is 289 cm³/mol. The van der Waals surface area contributed by atoms with Gasteiger partial charge in [0.1, 0.15) is 13.2 Å². The van der Waals surface area contributed by atoms with Crippen LogP contribution in [0.3, 0.4) is 0 Å². The summed E-state index contributed by atoms with van der Waals surface area (Å²) in [5.41, 5.74) is 0. The van der Waals surface area contributed by atoms with E-state index in [-0.39, 0.29) is 31.1 Å². The summed E-state index contributed by atoms with van der Waals surface area (Å²) in [6, 6.07) is 0. The van der Waals surface area contributed by atoms with E-state index in [9.17, 15) is 14.4 Å². The number of carbonyl (C=O) groups excluding carboxylic acids is 3. The van der Waals surface area contributed by atoms with Crippen molar-refractivity contribution >= 4 is 17.9 Å². The Hall–Kier alpha value is -2.11. The molecule has 6 nitrogen and oxygen atoms in total. The first-order valence-corrected chi connectivity index (χ1v) is 29.8. The maximum atomic E-state index is 12.9. The standard InChI is InChI=1S/C61H114O6/c1-4-7-10-13-16-19-22-24-26-28-30-32-34-36-39-42-45-48-51-54-60(63)66-57-58(56-65-59(62)53-50-47-44-41-38-21-18-15-12-9-6-3)67-61(64)55-52-49-46-43-40-37-35-33-31-29-27-25-23-20-17-14-11-8-5-2/h15,18,28,30,58H,4-14,16-17,19-27,29,31-57H2,1-3H3/b18-15-,30-28-. The molecule has 0 N–H and O–H groups in total. The molecule has 1 atom stereocenters.